The van der Waals surface area contributed by atoms with Gasteiger partial charge in [-0.05, 0) is 49.8 Å². The predicted molar refractivity (Wildman–Crippen MR) is 116 cm³/mol. The molecule has 2 aliphatic heterocycles. The number of amides is 1. The van der Waals surface area contributed by atoms with Gasteiger partial charge in [-0.1, -0.05) is 13.0 Å². The zero-order valence-corrected chi connectivity index (χ0v) is 18.6. The Labute approximate surface area is 180 Å². The first-order valence-electron chi connectivity index (χ1n) is 11.7. The van der Waals surface area contributed by atoms with Crippen molar-refractivity contribution >= 4 is 5.91 Å². The van der Waals surface area contributed by atoms with Crippen LogP contribution in [0.15, 0.2) is 24.4 Å². The zero-order valence-electron chi connectivity index (χ0n) is 18.6. The molecule has 0 N–H and O–H groups in total. The number of pyridine rings is 1. The maximum Gasteiger partial charge on any atom is 0.222 e. The van der Waals surface area contributed by atoms with Crippen LogP contribution in [0.2, 0.25) is 0 Å². The third kappa shape index (κ3) is 5.04. The van der Waals surface area contributed by atoms with Crippen LogP contribution in [-0.2, 0) is 20.7 Å². The number of fused-ring (bicyclic) bond motifs is 1. The molecule has 1 aromatic rings. The summed E-state index contributed by atoms with van der Waals surface area (Å²) in [6.45, 7) is 6.58. The summed E-state index contributed by atoms with van der Waals surface area (Å²) in [7, 11) is 1.93. The van der Waals surface area contributed by atoms with E-state index in [4.69, 9.17) is 9.47 Å². The second-order valence-electron chi connectivity index (χ2n) is 9.36. The Morgan fingerprint density at radius 1 is 1.33 bits per heavy atom. The highest BCUT2D eigenvalue weighted by molar-refractivity contribution is 5.76. The molecule has 6 heteroatoms. The first-order valence-corrected chi connectivity index (χ1v) is 11.7. The van der Waals surface area contributed by atoms with Gasteiger partial charge in [0.1, 0.15) is 0 Å². The number of carbonyl (C=O) groups is 1. The smallest absolute Gasteiger partial charge is 0.222 e. The molecule has 1 spiro atoms. The molecular weight excluding hydrogens is 378 g/mol. The fourth-order valence-corrected chi connectivity index (χ4v) is 5.74. The summed E-state index contributed by atoms with van der Waals surface area (Å²) >= 11 is 0. The average Bonchev–Trinajstić information content (AvgIpc) is 3.20. The molecule has 2 saturated heterocycles. The number of likely N-dealkylation sites (tertiary alicyclic amines) is 1. The Hall–Kier alpha value is -1.50. The monoisotopic (exact) mass is 415 g/mol. The molecule has 3 aliphatic rings. The van der Waals surface area contributed by atoms with E-state index < -0.39 is 0 Å². The Morgan fingerprint density at radius 3 is 2.90 bits per heavy atom. The van der Waals surface area contributed by atoms with Crippen LogP contribution in [0.3, 0.4) is 0 Å². The molecule has 1 saturated carbocycles. The van der Waals surface area contributed by atoms with E-state index in [1.54, 1.807) is 0 Å². The fourth-order valence-electron chi connectivity index (χ4n) is 5.74. The molecule has 0 bridgehead atoms. The van der Waals surface area contributed by atoms with Crippen LogP contribution in [-0.4, -0.2) is 72.4 Å². The highest BCUT2D eigenvalue weighted by Gasteiger charge is 2.48. The van der Waals surface area contributed by atoms with Gasteiger partial charge < -0.3 is 14.4 Å². The number of nitrogens with zero attached hydrogens (tertiary/aromatic N) is 3. The first kappa shape index (κ1) is 21.7. The van der Waals surface area contributed by atoms with E-state index in [9.17, 15) is 4.79 Å². The Kier molecular flexibility index (Phi) is 7.06. The van der Waals surface area contributed by atoms with Gasteiger partial charge >= 0.3 is 0 Å². The SMILES string of the molecule is CCCN1C[C@@H](CC(=O)N(C)CCc2ccccn2)C[C@@H]2CC3(CC[C@H]21)OCCO3. The van der Waals surface area contributed by atoms with Gasteiger partial charge in [-0.25, -0.2) is 0 Å². The average molecular weight is 416 g/mol. The molecule has 3 heterocycles. The standard InChI is InChI=1S/C24H37N3O3/c1-3-11-27-18-19(15-20-17-24(9-7-22(20)27)29-13-14-30-24)16-23(28)26(2)12-8-21-6-4-5-10-25-21/h4-6,10,19-20,22H,3,7-9,11-18H2,1-2H3/t19-,20-,22-/m1/s1. The van der Waals surface area contributed by atoms with Crippen molar-refractivity contribution in [1.29, 1.82) is 0 Å². The lowest BCUT2D eigenvalue weighted by Gasteiger charge is -2.51. The largest absolute Gasteiger partial charge is 0.348 e. The van der Waals surface area contributed by atoms with E-state index in [1.165, 1.54) is 0 Å². The van der Waals surface area contributed by atoms with Crippen molar-refractivity contribution in [2.45, 2.75) is 63.7 Å². The number of aromatic nitrogens is 1. The minimum absolute atomic E-state index is 0.254. The van der Waals surface area contributed by atoms with Gasteiger partial charge in [0.25, 0.3) is 0 Å². The Balaban J connectivity index is 1.34. The number of hydrogen-bond acceptors (Lipinski definition) is 5. The van der Waals surface area contributed by atoms with Crippen molar-refractivity contribution < 1.29 is 14.3 Å². The van der Waals surface area contributed by atoms with Gasteiger partial charge in [0.05, 0.1) is 13.2 Å². The van der Waals surface area contributed by atoms with Crippen LogP contribution in [0, 0.1) is 11.8 Å². The van der Waals surface area contributed by atoms with E-state index in [-0.39, 0.29) is 11.7 Å². The molecular formula is C24H37N3O3. The van der Waals surface area contributed by atoms with E-state index in [0.717, 1.165) is 77.1 Å². The molecule has 166 valence electrons. The zero-order chi connectivity index (χ0) is 21.0. The maximum atomic E-state index is 12.9. The normalized spacial score (nSPS) is 28.4. The second-order valence-corrected chi connectivity index (χ2v) is 9.36. The van der Waals surface area contributed by atoms with Gasteiger partial charge in [0.2, 0.25) is 5.91 Å². The molecule has 1 aliphatic carbocycles. The lowest BCUT2D eigenvalue weighted by atomic mass is 9.72. The van der Waals surface area contributed by atoms with Crippen LogP contribution in [0.25, 0.3) is 0 Å². The van der Waals surface area contributed by atoms with Crippen LogP contribution in [0.1, 0.15) is 51.1 Å². The molecule has 1 aromatic heterocycles. The predicted octanol–water partition coefficient (Wildman–Crippen LogP) is 3.12. The molecule has 3 atom stereocenters. The summed E-state index contributed by atoms with van der Waals surface area (Å²) < 4.78 is 12.1. The van der Waals surface area contributed by atoms with E-state index >= 15 is 0 Å². The van der Waals surface area contributed by atoms with Crippen LogP contribution < -0.4 is 0 Å². The molecule has 6 nitrogen and oxygen atoms in total. The minimum atomic E-state index is -0.343. The van der Waals surface area contributed by atoms with E-state index in [0.29, 0.717) is 24.3 Å². The van der Waals surface area contributed by atoms with Crippen molar-refractivity contribution in [2.75, 3.05) is 39.9 Å². The van der Waals surface area contributed by atoms with Gasteiger partial charge in [-0.2, -0.15) is 0 Å². The first-order chi connectivity index (χ1) is 14.6. The molecule has 4 rings (SSSR count). The molecule has 1 amide bonds. The molecule has 0 aromatic carbocycles. The highest BCUT2D eigenvalue weighted by atomic mass is 16.7. The summed E-state index contributed by atoms with van der Waals surface area (Å²) in [5, 5.41) is 0. The molecule has 3 fully saturated rings. The number of ether oxygens (including phenoxy) is 2. The summed E-state index contributed by atoms with van der Waals surface area (Å²) in [6.07, 6.45) is 8.66. The van der Waals surface area contributed by atoms with Crippen molar-refractivity contribution in [2.24, 2.45) is 11.8 Å². The van der Waals surface area contributed by atoms with Crippen LogP contribution in [0.5, 0.6) is 0 Å². The van der Waals surface area contributed by atoms with Gasteiger partial charge in [-0.3, -0.25) is 14.7 Å². The van der Waals surface area contributed by atoms with Crippen molar-refractivity contribution in [1.82, 2.24) is 14.8 Å². The maximum absolute atomic E-state index is 12.9. The Morgan fingerprint density at radius 2 is 2.17 bits per heavy atom. The Bertz CT molecular complexity index is 692. The number of piperidine rings is 1. The topological polar surface area (TPSA) is 54.9 Å². The molecule has 0 radical (unpaired) electrons. The molecule has 0 unspecified atom stereocenters. The third-order valence-electron chi connectivity index (χ3n) is 7.18. The van der Waals surface area contributed by atoms with Gasteiger partial charge in [0.15, 0.2) is 5.79 Å². The summed E-state index contributed by atoms with van der Waals surface area (Å²) in [5.74, 6) is 0.891. The van der Waals surface area contributed by atoms with Crippen molar-refractivity contribution in [3.63, 3.8) is 0 Å². The quantitative estimate of drug-likeness (QED) is 0.685. The van der Waals surface area contributed by atoms with E-state index in [1.807, 2.05) is 36.3 Å². The fraction of sp³-hybridized carbons (Fsp3) is 0.750. The number of likely N-dealkylation sites (N-methyl/N-ethyl adjacent to an activating group) is 1. The summed E-state index contributed by atoms with van der Waals surface area (Å²) in [4.78, 5) is 21.9. The number of carbonyl (C=O) groups excluding carboxylic acids is 1. The lowest BCUT2D eigenvalue weighted by molar-refractivity contribution is -0.203. The lowest BCUT2D eigenvalue weighted by Crippen LogP contribution is -2.55. The second kappa shape index (κ2) is 9.75. The molecule has 30 heavy (non-hydrogen) atoms. The van der Waals surface area contributed by atoms with Crippen LogP contribution in [0.4, 0.5) is 0 Å². The van der Waals surface area contributed by atoms with Crippen molar-refractivity contribution in [3.8, 4) is 0 Å². The number of hydrogen-bond donors (Lipinski definition) is 0. The van der Waals surface area contributed by atoms with Crippen molar-refractivity contribution in [3.05, 3.63) is 30.1 Å². The van der Waals surface area contributed by atoms with Gasteiger partial charge in [-0.15, -0.1) is 0 Å². The minimum Gasteiger partial charge on any atom is -0.348 e. The summed E-state index contributed by atoms with van der Waals surface area (Å²) in [5.41, 5.74) is 1.04. The van der Waals surface area contributed by atoms with Crippen LogP contribution >= 0.6 is 0 Å². The van der Waals surface area contributed by atoms with Gasteiger partial charge in [0, 0.05) is 63.8 Å². The summed E-state index contributed by atoms with van der Waals surface area (Å²) in [6, 6.07) is 6.57. The third-order valence-corrected chi connectivity index (χ3v) is 7.18. The van der Waals surface area contributed by atoms with E-state index in [2.05, 4.69) is 16.8 Å². The highest BCUT2D eigenvalue weighted by Crippen LogP contribution is 2.45. The number of rotatable bonds is 7.